The van der Waals surface area contributed by atoms with Crippen LogP contribution in [0.25, 0.3) is 16.8 Å². The monoisotopic (exact) mass is 573 g/mol. The van der Waals surface area contributed by atoms with Crippen LogP contribution in [0.5, 0.6) is 5.75 Å². The topological polar surface area (TPSA) is 106 Å². The van der Waals surface area contributed by atoms with Gasteiger partial charge in [0.05, 0.1) is 12.8 Å². The Morgan fingerprint density at radius 3 is 2.35 bits per heavy atom. The van der Waals surface area contributed by atoms with Crippen LogP contribution in [-0.4, -0.2) is 40.9 Å². The van der Waals surface area contributed by atoms with Crippen LogP contribution >= 0.6 is 0 Å². The van der Waals surface area contributed by atoms with E-state index in [1.807, 2.05) is 13.8 Å². The summed E-state index contributed by atoms with van der Waals surface area (Å²) in [5.74, 6) is -2.96. The predicted octanol–water partition coefficient (Wildman–Crippen LogP) is 4.46. The molecule has 1 aliphatic rings. The number of aromatic nitrogens is 3. The maximum Gasteiger partial charge on any atom is 0.304 e. The van der Waals surface area contributed by atoms with Gasteiger partial charge < -0.3 is 4.74 Å². The number of rotatable bonds is 6. The molecule has 9 nitrogen and oxygen atoms in total. The highest BCUT2D eigenvalue weighted by atomic mass is 32.2. The second-order valence-electron chi connectivity index (χ2n) is 8.37. The molecule has 0 saturated heterocycles. The number of ether oxygens (including phenoxy) is 1. The van der Waals surface area contributed by atoms with Gasteiger partial charge >= 0.3 is 10.2 Å². The summed E-state index contributed by atoms with van der Waals surface area (Å²) < 4.78 is 78.4. The van der Waals surface area contributed by atoms with Crippen LogP contribution in [0.15, 0.2) is 65.7 Å². The van der Waals surface area contributed by atoms with Gasteiger partial charge in [-0.2, -0.15) is 12.7 Å². The molecule has 3 heterocycles. The minimum atomic E-state index is -4.00. The zero-order valence-electron chi connectivity index (χ0n) is 21.9. The van der Waals surface area contributed by atoms with Crippen molar-refractivity contribution in [2.45, 2.75) is 26.8 Å². The molecule has 1 N–H and O–H groups in total. The van der Waals surface area contributed by atoms with E-state index in [-0.39, 0.29) is 48.0 Å². The van der Waals surface area contributed by atoms with Crippen LogP contribution < -0.4 is 15.0 Å². The van der Waals surface area contributed by atoms with Crippen LogP contribution in [0, 0.1) is 17.5 Å². The van der Waals surface area contributed by atoms with Gasteiger partial charge in [0.2, 0.25) is 5.95 Å². The van der Waals surface area contributed by atoms with Gasteiger partial charge in [0, 0.05) is 55.3 Å². The average Bonchev–Trinajstić information content (AvgIpc) is 2.95. The minimum absolute atomic E-state index is 0.0242. The predicted molar refractivity (Wildman–Crippen MR) is 144 cm³/mol. The Balaban J connectivity index is 0.00000181. The molecule has 5 rings (SSSR count). The number of hydrogen-bond acceptors (Lipinski definition) is 6. The second-order valence-corrected chi connectivity index (χ2v) is 10.0. The maximum absolute atomic E-state index is 15.3. The molecule has 0 bridgehead atoms. The van der Waals surface area contributed by atoms with Crippen LogP contribution in [0.2, 0.25) is 0 Å². The molecule has 40 heavy (non-hydrogen) atoms. The van der Waals surface area contributed by atoms with E-state index < -0.39 is 33.2 Å². The van der Waals surface area contributed by atoms with Crippen molar-refractivity contribution in [2.75, 3.05) is 18.4 Å². The van der Waals surface area contributed by atoms with Crippen molar-refractivity contribution in [3.8, 4) is 22.6 Å². The molecule has 0 amide bonds. The first-order valence-electron chi connectivity index (χ1n) is 12.3. The Labute approximate surface area is 229 Å². The van der Waals surface area contributed by atoms with Crippen molar-refractivity contribution in [1.29, 1.82) is 0 Å². The zero-order valence-corrected chi connectivity index (χ0v) is 22.7. The number of benzene rings is 2. The first-order valence-corrected chi connectivity index (χ1v) is 13.7. The average molecular weight is 574 g/mol. The number of halogens is 3. The molecule has 4 aromatic rings. The van der Waals surface area contributed by atoms with Crippen molar-refractivity contribution in [3.05, 3.63) is 100.0 Å². The molecular formula is C27H26F3N5O4S. The fourth-order valence-corrected chi connectivity index (χ4v) is 5.41. The van der Waals surface area contributed by atoms with Gasteiger partial charge in [0.25, 0.3) is 5.56 Å². The third-order valence-electron chi connectivity index (χ3n) is 6.10. The van der Waals surface area contributed by atoms with Crippen LogP contribution in [-0.2, 0) is 23.2 Å². The normalized spacial score (nSPS) is 13.2. The lowest BCUT2D eigenvalue weighted by molar-refractivity contribution is 0.385. The summed E-state index contributed by atoms with van der Waals surface area (Å²) in [7, 11) is -2.67. The highest BCUT2D eigenvalue weighted by Crippen LogP contribution is 2.34. The molecule has 0 aliphatic carbocycles. The van der Waals surface area contributed by atoms with Gasteiger partial charge in [-0.1, -0.05) is 26.0 Å². The van der Waals surface area contributed by atoms with E-state index in [0.717, 1.165) is 18.2 Å². The summed E-state index contributed by atoms with van der Waals surface area (Å²) in [5.41, 5.74) is 0.665. The van der Waals surface area contributed by atoms with Crippen LogP contribution in [0.4, 0.5) is 19.1 Å². The number of nitrogens with one attached hydrogen (secondary N) is 1. The first-order chi connectivity index (χ1) is 19.2. The summed E-state index contributed by atoms with van der Waals surface area (Å²) >= 11 is 0. The van der Waals surface area contributed by atoms with E-state index in [0.29, 0.717) is 11.3 Å². The Hall–Kier alpha value is -4.23. The number of anilines is 1. The Kier molecular flexibility index (Phi) is 8.55. The summed E-state index contributed by atoms with van der Waals surface area (Å²) in [6.45, 7) is 3.96. The molecule has 13 heteroatoms. The van der Waals surface area contributed by atoms with Gasteiger partial charge in [-0.3, -0.25) is 9.36 Å². The molecule has 2 aromatic heterocycles. The van der Waals surface area contributed by atoms with Gasteiger partial charge in [-0.05, 0) is 35.4 Å². The quantitative estimate of drug-likeness (QED) is 0.365. The third kappa shape index (κ3) is 5.70. The Bertz CT molecular complexity index is 1700. The highest BCUT2D eigenvalue weighted by molar-refractivity contribution is 7.90. The van der Waals surface area contributed by atoms with Gasteiger partial charge in [-0.15, -0.1) is 0 Å². The van der Waals surface area contributed by atoms with Crippen molar-refractivity contribution in [2.24, 2.45) is 0 Å². The van der Waals surface area contributed by atoms with Crippen molar-refractivity contribution in [1.82, 2.24) is 18.8 Å². The van der Waals surface area contributed by atoms with E-state index in [1.165, 1.54) is 52.6 Å². The molecule has 0 saturated carbocycles. The number of nitrogens with zero attached hydrogens (tertiary/aromatic N) is 4. The lowest BCUT2D eigenvalue weighted by atomic mass is 10.0. The minimum Gasteiger partial charge on any atom is -0.495 e. The van der Waals surface area contributed by atoms with Crippen LogP contribution in [0.1, 0.15) is 25.1 Å². The van der Waals surface area contributed by atoms with Gasteiger partial charge in [0.1, 0.15) is 11.6 Å². The SMILES string of the molecule is CC.COc1cc(-c2ccc(F)c(F)c2)c(F)cc1-n1c2c(ccc1=O)CN(S(=O)(=O)Nc1ncccn1)CC2. The van der Waals surface area contributed by atoms with Gasteiger partial charge in [-0.25, -0.2) is 27.9 Å². The zero-order chi connectivity index (χ0) is 29.0. The van der Waals surface area contributed by atoms with Gasteiger partial charge in [0.15, 0.2) is 11.6 Å². The molecule has 1 aliphatic heterocycles. The highest BCUT2D eigenvalue weighted by Gasteiger charge is 2.30. The second kappa shape index (κ2) is 11.9. The maximum atomic E-state index is 15.3. The Morgan fingerprint density at radius 2 is 1.68 bits per heavy atom. The molecular weight excluding hydrogens is 547 g/mol. The fraction of sp³-hybridized carbons (Fsp3) is 0.222. The number of pyridine rings is 1. The van der Waals surface area contributed by atoms with Crippen molar-refractivity contribution in [3.63, 3.8) is 0 Å². The standard InChI is InChI=1S/C25H20F3N5O4S.C2H6/c1-37-23-12-17(15-3-5-18(26)20(28)11-15)19(27)13-22(23)33-21-7-10-32(14-16(21)4-6-24(33)34)38(35,36)31-25-29-8-2-9-30-25;1-2/h2-6,8-9,11-13H,7,10,14H2,1H3,(H,29,30,31);1-2H3. The molecule has 0 fully saturated rings. The summed E-state index contributed by atoms with van der Waals surface area (Å²) in [4.78, 5) is 20.7. The molecule has 0 radical (unpaired) electrons. The third-order valence-corrected chi connectivity index (χ3v) is 7.53. The molecule has 2 aromatic carbocycles. The van der Waals surface area contributed by atoms with E-state index in [9.17, 15) is 22.0 Å². The lowest BCUT2D eigenvalue weighted by Crippen LogP contribution is -2.41. The fourth-order valence-electron chi connectivity index (χ4n) is 4.30. The summed E-state index contributed by atoms with van der Waals surface area (Å²) in [5, 5.41) is 0. The lowest BCUT2D eigenvalue weighted by Gasteiger charge is -2.30. The molecule has 0 atom stereocenters. The summed E-state index contributed by atoms with van der Waals surface area (Å²) in [6, 6.07) is 9.69. The van der Waals surface area contributed by atoms with Crippen molar-refractivity contribution < 1.29 is 26.3 Å². The largest absolute Gasteiger partial charge is 0.495 e. The van der Waals surface area contributed by atoms with Crippen molar-refractivity contribution >= 4 is 16.2 Å². The number of methoxy groups -OCH3 is 1. The Morgan fingerprint density at radius 1 is 0.950 bits per heavy atom. The number of hydrogen-bond donors (Lipinski definition) is 1. The molecule has 0 unspecified atom stereocenters. The van der Waals surface area contributed by atoms with E-state index >= 15 is 4.39 Å². The van der Waals surface area contributed by atoms with E-state index in [1.54, 1.807) is 6.07 Å². The smallest absolute Gasteiger partial charge is 0.304 e. The van der Waals surface area contributed by atoms with Crippen LogP contribution in [0.3, 0.4) is 0 Å². The number of fused-ring (bicyclic) bond motifs is 1. The summed E-state index contributed by atoms with van der Waals surface area (Å²) in [6.07, 6.45) is 2.94. The molecule has 210 valence electrons. The first kappa shape index (κ1) is 28.8. The van der Waals surface area contributed by atoms with E-state index in [4.69, 9.17) is 4.74 Å². The van der Waals surface area contributed by atoms with E-state index in [2.05, 4.69) is 14.7 Å². The molecule has 0 spiro atoms.